The Kier molecular flexibility index (Phi) is 2.92. The summed E-state index contributed by atoms with van der Waals surface area (Å²) in [5, 5.41) is 0. The van der Waals surface area contributed by atoms with E-state index < -0.39 is 17.5 Å². The number of carbonyl (C=O) groups is 1. The number of halogens is 2. The minimum atomic E-state index is -1.04. The van der Waals surface area contributed by atoms with Crippen molar-refractivity contribution in [3.63, 3.8) is 0 Å². The van der Waals surface area contributed by atoms with Gasteiger partial charge in [0.05, 0.1) is 0 Å². The van der Waals surface area contributed by atoms with Crippen LogP contribution in [0.2, 0.25) is 0 Å². The molecule has 0 saturated carbocycles. The van der Waals surface area contributed by atoms with Crippen LogP contribution in [0.25, 0.3) is 0 Å². The molecule has 1 aromatic rings. The second-order valence-electron chi connectivity index (χ2n) is 2.33. The van der Waals surface area contributed by atoms with Crippen LogP contribution in [-0.2, 0) is 0 Å². The van der Waals surface area contributed by atoms with Gasteiger partial charge in [-0.2, -0.15) is 0 Å². The van der Waals surface area contributed by atoms with E-state index in [2.05, 4.69) is 10.9 Å². The fourth-order valence-electron chi connectivity index (χ4n) is 0.823. The van der Waals surface area contributed by atoms with Crippen molar-refractivity contribution in [1.29, 1.82) is 0 Å². The Morgan fingerprint density at radius 1 is 1.31 bits per heavy atom. The molecule has 13 heavy (non-hydrogen) atoms. The number of carbonyl (C=O) groups excluding carboxylic acids is 1. The van der Waals surface area contributed by atoms with Crippen LogP contribution in [-0.4, -0.2) is 13.0 Å². The third kappa shape index (κ3) is 2.22. The highest BCUT2D eigenvalue weighted by Crippen LogP contribution is 2.07. The van der Waals surface area contributed by atoms with Gasteiger partial charge < -0.3 is 0 Å². The van der Waals surface area contributed by atoms with Crippen molar-refractivity contribution in [2.75, 3.05) is 7.05 Å². The first-order valence-corrected chi connectivity index (χ1v) is 3.57. The highest BCUT2D eigenvalue weighted by molar-refractivity contribution is 5.93. The zero-order valence-corrected chi connectivity index (χ0v) is 6.90. The van der Waals surface area contributed by atoms with Crippen molar-refractivity contribution >= 4 is 5.91 Å². The predicted molar refractivity (Wildman–Crippen MR) is 42.9 cm³/mol. The van der Waals surface area contributed by atoms with E-state index >= 15 is 0 Å². The van der Waals surface area contributed by atoms with Gasteiger partial charge in [-0.05, 0) is 18.2 Å². The topological polar surface area (TPSA) is 41.1 Å². The van der Waals surface area contributed by atoms with Crippen molar-refractivity contribution in [1.82, 2.24) is 10.9 Å². The van der Waals surface area contributed by atoms with E-state index in [4.69, 9.17) is 0 Å². The number of rotatable bonds is 2. The van der Waals surface area contributed by atoms with Crippen molar-refractivity contribution < 1.29 is 13.6 Å². The molecule has 1 amide bonds. The SMILES string of the molecule is CNNC(=O)c1ccc(F)c(F)c1. The summed E-state index contributed by atoms with van der Waals surface area (Å²) in [6.07, 6.45) is 0. The lowest BCUT2D eigenvalue weighted by Crippen LogP contribution is -2.34. The van der Waals surface area contributed by atoms with Gasteiger partial charge in [0.25, 0.3) is 5.91 Å². The van der Waals surface area contributed by atoms with E-state index in [9.17, 15) is 13.6 Å². The number of hydrogen-bond acceptors (Lipinski definition) is 2. The Hall–Kier alpha value is -1.49. The Morgan fingerprint density at radius 2 is 2.00 bits per heavy atom. The first kappa shape index (κ1) is 9.60. The Labute approximate surface area is 73.7 Å². The van der Waals surface area contributed by atoms with Gasteiger partial charge in [0.1, 0.15) is 0 Å². The van der Waals surface area contributed by atoms with Crippen LogP contribution in [0.5, 0.6) is 0 Å². The van der Waals surface area contributed by atoms with Crippen molar-refractivity contribution in [3.8, 4) is 0 Å². The number of hydrazine groups is 1. The molecule has 0 fully saturated rings. The van der Waals surface area contributed by atoms with E-state index in [-0.39, 0.29) is 5.56 Å². The minimum absolute atomic E-state index is 0.0632. The summed E-state index contributed by atoms with van der Waals surface area (Å²) in [5.74, 6) is -2.52. The Morgan fingerprint density at radius 3 is 2.54 bits per heavy atom. The molecule has 0 radical (unpaired) electrons. The molecule has 3 nitrogen and oxygen atoms in total. The molecule has 0 unspecified atom stereocenters. The number of amides is 1. The van der Waals surface area contributed by atoms with Crippen LogP contribution in [0, 0.1) is 11.6 Å². The average Bonchev–Trinajstić information content (AvgIpc) is 2.10. The zero-order valence-electron chi connectivity index (χ0n) is 6.90. The van der Waals surface area contributed by atoms with Crippen LogP contribution >= 0.6 is 0 Å². The van der Waals surface area contributed by atoms with Gasteiger partial charge in [-0.15, -0.1) is 0 Å². The van der Waals surface area contributed by atoms with Gasteiger partial charge in [0.15, 0.2) is 11.6 Å². The fraction of sp³-hybridized carbons (Fsp3) is 0.125. The molecular weight excluding hydrogens is 178 g/mol. The molecule has 0 aliphatic carbocycles. The molecule has 0 atom stereocenters. The van der Waals surface area contributed by atoms with E-state index in [1.54, 1.807) is 0 Å². The fourth-order valence-corrected chi connectivity index (χ4v) is 0.823. The van der Waals surface area contributed by atoms with Gasteiger partial charge in [0, 0.05) is 12.6 Å². The lowest BCUT2D eigenvalue weighted by Gasteiger charge is -2.02. The molecular formula is C8H8F2N2O. The normalized spacial score (nSPS) is 9.77. The lowest BCUT2D eigenvalue weighted by atomic mass is 10.2. The van der Waals surface area contributed by atoms with Crippen molar-refractivity contribution in [3.05, 3.63) is 35.4 Å². The molecule has 2 N–H and O–H groups in total. The van der Waals surface area contributed by atoms with Crippen LogP contribution in [0.4, 0.5) is 8.78 Å². The zero-order chi connectivity index (χ0) is 9.84. The maximum atomic E-state index is 12.6. The second kappa shape index (κ2) is 3.95. The van der Waals surface area contributed by atoms with E-state index in [1.165, 1.54) is 13.1 Å². The third-order valence-corrected chi connectivity index (χ3v) is 1.42. The monoisotopic (exact) mass is 186 g/mol. The summed E-state index contributed by atoms with van der Waals surface area (Å²) < 4.78 is 25.0. The van der Waals surface area contributed by atoms with E-state index in [1.807, 2.05) is 0 Å². The maximum absolute atomic E-state index is 12.6. The maximum Gasteiger partial charge on any atom is 0.265 e. The van der Waals surface area contributed by atoms with Crippen molar-refractivity contribution in [2.45, 2.75) is 0 Å². The Bertz CT molecular complexity index is 328. The molecule has 5 heteroatoms. The first-order valence-electron chi connectivity index (χ1n) is 3.57. The number of hydrogen-bond donors (Lipinski definition) is 2. The molecule has 0 aliphatic heterocycles. The first-order chi connectivity index (χ1) is 6.15. The van der Waals surface area contributed by atoms with Crippen LogP contribution < -0.4 is 10.9 Å². The van der Waals surface area contributed by atoms with Gasteiger partial charge in [-0.25, -0.2) is 14.2 Å². The summed E-state index contributed by atoms with van der Waals surface area (Å²) >= 11 is 0. The molecule has 0 saturated heterocycles. The second-order valence-corrected chi connectivity index (χ2v) is 2.33. The summed E-state index contributed by atoms with van der Waals surface area (Å²) in [7, 11) is 1.50. The molecule has 1 rings (SSSR count). The molecule has 0 aliphatic rings. The molecule has 0 bridgehead atoms. The predicted octanol–water partition coefficient (Wildman–Crippen LogP) is 0.829. The largest absolute Gasteiger partial charge is 0.288 e. The molecule has 0 heterocycles. The summed E-state index contributed by atoms with van der Waals surface area (Å²) in [6.45, 7) is 0. The quantitative estimate of drug-likeness (QED) is 0.671. The standard InChI is InChI=1S/C8H8F2N2O/c1-11-12-8(13)5-2-3-6(9)7(10)4-5/h2-4,11H,1H3,(H,12,13). The smallest absolute Gasteiger partial charge is 0.265 e. The highest BCUT2D eigenvalue weighted by Gasteiger charge is 2.07. The van der Waals surface area contributed by atoms with Gasteiger partial charge in [-0.3, -0.25) is 10.2 Å². The average molecular weight is 186 g/mol. The molecule has 0 spiro atoms. The Balaban J connectivity index is 2.90. The minimum Gasteiger partial charge on any atom is -0.288 e. The highest BCUT2D eigenvalue weighted by atomic mass is 19.2. The summed E-state index contributed by atoms with van der Waals surface area (Å²) in [6, 6.07) is 2.94. The number of benzene rings is 1. The molecule has 70 valence electrons. The van der Waals surface area contributed by atoms with E-state index in [0.717, 1.165) is 12.1 Å². The number of nitrogens with one attached hydrogen (secondary N) is 2. The lowest BCUT2D eigenvalue weighted by molar-refractivity contribution is 0.0937. The van der Waals surface area contributed by atoms with Crippen LogP contribution in [0.1, 0.15) is 10.4 Å². The summed E-state index contributed by atoms with van der Waals surface area (Å²) in [5.41, 5.74) is 4.68. The van der Waals surface area contributed by atoms with Crippen LogP contribution in [0.3, 0.4) is 0 Å². The summed E-state index contributed by atoms with van der Waals surface area (Å²) in [4.78, 5) is 11.0. The molecule has 1 aromatic carbocycles. The molecule has 0 aromatic heterocycles. The van der Waals surface area contributed by atoms with E-state index in [0.29, 0.717) is 0 Å². The third-order valence-electron chi connectivity index (χ3n) is 1.42. The van der Waals surface area contributed by atoms with Gasteiger partial charge in [-0.1, -0.05) is 0 Å². The van der Waals surface area contributed by atoms with Crippen molar-refractivity contribution in [2.24, 2.45) is 0 Å². The van der Waals surface area contributed by atoms with Crippen LogP contribution in [0.15, 0.2) is 18.2 Å². The van der Waals surface area contributed by atoms with Gasteiger partial charge >= 0.3 is 0 Å². The van der Waals surface area contributed by atoms with Gasteiger partial charge in [0.2, 0.25) is 0 Å².